The molecule has 0 atom stereocenters. The molecule has 1 amide bonds. The molecule has 1 N–H and O–H groups in total. The highest BCUT2D eigenvalue weighted by Crippen LogP contribution is 2.27. The second-order valence-corrected chi connectivity index (χ2v) is 7.78. The third kappa shape index (κ3) is 5.67. The predicted octanol–water partition coefficient (Wildman–Crippen LogP) is 4.58. The van der Waals surface area contributed by atoms with Crippen LogP contribution < -0.4 is 14.8 Å². The number of amides is 1. The van der Waals surface area contributed by atoms with Gasteiger partial charge >= 0.3 is 0 Å². The molecule has 1 heterocycles. The molecule has 0 aliphatic rings. The van der Waals surface area contributed by atoms with Gasteiger partial charge in [-0.15, -0.1) is 10.2 Å². The second-order valence-electron chi connectivity index (χ2n) is 6.43. The molecular formula is C21H23ClN4O3S. The second kappa shape index (κ2) is 10.4. The summed E-state index contributed by atoms with van der Waals surface area (Å²) in [7, 11) is 1.54. The Morgan fingerprint density at radius 1 is 1.20 bits per heavy atom. The summed E-state index contributed by atoms with van der Waals surface area (Å²) < 4.78 is 12.9. The van der Waals surface area contributed by atoms with Crippen molar-refractivity contribution in [3.8, 4) is 11.5 Å². The van der Waals surface area contributed by atoms with Gasteiger partial charge in [-0.1, -0.05) is 41.1 Å². The summed E-state index contributed by atoms with van der Waals surface area (Å²) >= 11 is 7.41. The molecule has 0 aliphatic heterocycles. The fraction of sp³-hybridized carbons (Fsp3) is 0.286. The normalized spacial score (nSPS) is 10.7. The molecule has 1 aromatic heterocycles. The molecule has 0 saturated heterocycles. The molecule has 2 aromatic carbocycles. The molecule has 3 aromatic rings. The van der Waals surface area contributed by atoms with E-state index < -0.39 is 0 Å². The Morgan fingerprint density at radius 2 is 1.97 bits per heavy atom. The van der Waals surface area contributed by atoms with Gasteiger partial charge < -0.3 is 19.4 Å². The Kier molecular flexibility index (Phi) is 7.59. The maximum Gasteiger partial charge on any atom is 0.234 e. The number of halogens is 1. The quantitative estimate of drug-likeness (QED) is 0.485. The van der Waals surface area contributed by atoms with E-state index >= 15 is 0 Å². The summed E-state index contributed by atoms with van der Waals surface area (Å²) in [6.45, 7) is 5.02. The van der Waals surface area contributed by atoms with Gasteiger partial charge in [-0.2, -0.15) is 0 Å². The van der Waals surface area contributed by atoms with Crippen LogP contribution in [0.25, 0.3) is 0 Å². The van der Waals surface area contributed by atoms with E-state index in [1.807, 2.05) is 42.7 Å². The molecule has 0 fully saturated rings. The number of aryl methyl sites for hydroxylation is 1. The van der Waals surface area contributed by atoms with Crippen molar-refractivity contribution < 1.29 is 14.3 Å². The SMILES string of the molecule is CCn1c(COc2ccc(C)cc2)nnc1SCC(=O)Nc1ccc(OC)c(Cl)c1. The van der Waals surface area contributed by atoms with Gasteiger partial charge in [0.05, 0.1) is 17.9 Å². The van der Waals surface area contributed by atoms with Crippen LogP contribution in [0.5, 0.6) is 11.5 Å². The van der Waals surface area contributed by atoms with Crippen LogP contribution in [0.4, 0.5) is 5.69 Å². The summed E-state index contributed by atoms with van der Waals surface area (Å²) in [5.74, 6) is 2.08. The van der Waals surface area contributed by atoms with Crippen LogP contribution in [0.3, 0.4) is 0 Å². The monoisotopic (exact) mass is 446 g/mol. The number of carbonyl (C=O) groups excluding carboxylic acids is 1. The fourth-order valence-electron chi connectivity index (χ4n) is 2.70. The van der Waals surface area contributed by atoms with Gasteiger partial charge in [0.2, 0.25) is 5.91 Å². The molecule has 30 heavy (non-hydrogen) atoms. The summed E-state index contributed by atoms with van der Waals surface area (Å²) in [4.78, 5) is 12.3. The average Bonchev–Trinajstić information content (AvgIpc) is 3.14. The van der Waals surface area contributed by atoms with E-state index in [-0.39, 0.29) is 11.7 Å². The van der Waals surface area contributed by atoms with Crippen molar-refractivity contribution in [3.05, 3.63) is 58.9 Å². The zero-order chi connectivity index (χ0) is 21.5. The number of rotatable bonds is 9. The Morgan fingerprint density at radius 3 is 2.63 bits per heavy atom. The van der Waals surface area contributed by atoms with E-state index in [0.717, 1.165) is 5.75 Å². The number of nitrogens with one attached hydrogen (secondary N) is 1. The summed E-state index contributed by atoms with van der Waals surface area (Å²) in [6.07, 6.45) is 0. The number of ether oxygens (including phenoxy) is 2. The molecule has 0 bridgehead atoms. The maximum atomic E-state index is 12.3. The predicted molar refractivity (Wildman–Crippen MR) is 119 cm³/mol. The number of benzene rings is 2. The molecule has 7 nitrogen and oxygen atoms in total. The number of anilines is 1. The third-order valence-electron chi connectivity index (χ3n) is 4.27. The van der Waals surface area contributed by atoms with E-state index in [1.165, 1.54) is 17.3 Å². The van der Waals surface area contributed by atoms with Crippen LogP contribution in [-0.2, 0) is 17.9 Å². The highest BCUT2D eigenvalue weighted by atomic mass is 35.5. The molecule has 158 valence electrons. The summed E-state index contributed by atoms with van der Waals surface area (Å²) in [5.41, 5.74) is 1.78. The summed E-state index contributed by atoms with van der Waals surface area (Å²) in [6, 6.07) is 12.9. The van der Waals surface area contributed by atoms with Crippen LogP contribution in [0, 0.1) is 6.92 Å². The van der Waals surface area contributed by atoms with Crippen molar-refractivity contribution >= 4 is 35.0 Å². The lowest BCUT2D eigenvalue weighted by atomic mass is 10.2. The Balaban J connectivity index is 1.56. The lowest BCUT2D eigenvalue weighted by Crippen LogP contribution is -2.15. The van der Waals surface area contributed by atoms with Gasteiger partial charge in [0.25, 0.3) is 0 Å². The molecular weight excluding hydrogens is 424 g/mol. The smallest absolute Gasteiger partial charge is 0.234 e. The number of aromatic nitrogens is 3. The van der Waals surface area contributed by atoms with Crippen LogP contribution in [0.1, 0.15) is 18.3 Å². The average molecular weight is 447 g/mol. The topological polar surface area (TPSA) is 78.3 Å². The van der Waals surface area contributed by atoms with Crippen molar-refractivity contribution in [2.75, 3.05) is 18.2 Å². The molecule has 0 spiro atoms. The molecule has 0 aliphatic carbocycles. The Labute approximate surface area is 184 Å². The van der Waals surface area contributed by atoms with Crippen molar-refractivity contribution in [2.24, 2.45) is 0 Å². The number of hydrogen-bond acceptors (Lipinski definition) is 6. The van der Waals surface area contributed by atoms with Gasteiger partial charge in [-0.05, 0) is 44.2 Å². The van der Waals surface area contributed by atoms with Crippen LogP contribution in [-0.4, -0.2) is 33.5 Å². The minimum Gasteiger partial charge on any atom is -0.495 e. The number of nitrogens with zero attached hydrogens (tertiary/aromatic N) is 3. The minimum atomic E-state index is -0.163. The highest BCUT2D eigenvalue weighted by molar-refractivity contribution is 7.99. The van der Waals surface area contributed by atoms with E-state index in [2.05, 4.69) is 15.5 Å². The van der Waals surface area contributed by atoms with Crippen molar-refractivity contribution in [2.45, 2.75) is 32.2 Å². The third-order valence-corrected chi connectivity index (χ3v) is 5.53. The van der Waals surface area contributed by atoms with Crippen molar-refractivity contribution in [1.82, 2.24) is 14.8 Å². The zero-order valence-corrected chi connectivity index (χ0v) is 18.6. The standard InChI is InChI=1S/C21H23ClN4O3S/c1-4-26-19(12-29-16-8-5-14(2)6-9-16)24-25-21(26)30-13-20(27)23-15-7-10-18(28-3)17(22)11-15/h5-11H,4,12-13H2,1-3H3,(H,23,27). The van der Waals surface area contributed by atoms with Crippen LogP contribution >= 0.6 is 23.4 Å². The lowest BCUT2D eigenvalue weighted by molar-refractivity contribution is -0.113. The first kappa shape index (κ1) is 22.0. The number of carbonyl (C=O) groups is 1. The van der Waals surface area contributed by atoms with Crippen LogP contribution in [0.2, 0.25) is 5.02 Å². The summed E-state index contributed by atoms with van der Waals surface area (Å²) in [5, 5.41) is 12.3. The van der Waals surface area contributed by atoms with Gasteiger partial charge in [-0.3, -0.25) is 4.79 Å². The Bertz CT molecular complexity index is 1010. The van der Waals surface area contributed by atoms with Gasteiger partial charge in [0.15, 0.2) is 11.0 Å². The zero-order valence-electron chi connectivity index (χ0n) is 17.0. The fourth-order valence-corrected chi connectivity index (χ4v) is 3.78. The van der Waals surface area contributed by atoms with Gasteiger partial charge in [0, 0.05) is 12.2 Å². The number of thioether (sulfide) groups is 1. The van der Waals surface area contributed by atoms with E-state index in [9.17, 15) is 4.79 Å². The van der Waals surface area contributed by atoms with E-state index in [0.29, 0.717) is 40.6 Å². The first-order valence-electron chi connectivity index (χ1n) is 9.38. The molecule has 0 radical (unpaired) electrons. The van der Waals surface area contributed by atoms with Crippen molar-refractivity contribution in [1.29, 1.82) is 0 Å². The lowest BCUT2D eigenvalue weighted by Gasteiger charge is -2.10. The minimum absolute atomic E-state index is 0.163. The molecule has 3 rings (SSSR count). The van der Waals surface area contributed by atoms with E-state index in [4.69, 9.17) is 21.1 Å². The largest absolute Gasteiger partial charge is 0.495 e. The van der Waals surface area contributed by atoms with Gasteiger partial charge in [-0.25, -0.2) is 0 Å². The molecule has 9 heteroatoms. The van der Waals surface area contributed by atoms with Crippen molar-refractivity contribution in [3.63, 3.8) is 0 Å². The first-order chi connectivity index (χ1) is 14.5. The molecule has 0 unspecified atom stereocenters. The Hall–Kier alpha value is -2.71. The number of methoxy groups -OCH3 is 1. The number of hydrogen-bond donors (Lipinski definition) is 1. The first-order valence-corrected chi connectivity index (χ1v) is 10.7. The highest BCUT2D eigenvalue weighted by Gasteiger charge is 2.14. The van der Waals surface area contributed by atoms with Crippen LogP contribution in [0.15, 0.2) is 47.6 Å². The van der Waals surface area contributed by atoms with E-state index in [1.54, 1.807) is 25.3 Å². The maximum absolute atomic E-state index is 12.3. The van der Waals surface area contributed by atoms with Gasteiger partial charge in [0.1, 0.15) is 18.1 Å². The molecule has 0 saturated carbocycles.